The lowest BCUT2D eigenvalue weighted by Crippen LogP contribution is -2.25. The molecule has 18 heavy (non-hydrogen) atoms. The van der Waals surface area contributed by atoms with Gasteiger partial charge in [-0.1, -0.05) is 12.1 Å². The predicted octanol–water partition coefficient (Wildman–Crippen LogP) is 1.18. The summed E-state index contributed by atoms with van der Waals surface area (Å²) in [5.74, 6) is 0. The van der Waals surface area contributed by atoms with Gasteiger partial charge in [-0.3, -0.25) is 10.1 Å². The molecular weight excluding hydrogens is 258 g/mol. The Morgan fingerprint density at radius 3 is 2.67 bits per heavy atom. The minimum atomic E-state index is -3.92. The van der Waals surface area contributed by atoms with Gasteiger partial charge in [0.2, 0.25) is 10.0 Å². The van der Waals surface area contributed by atoms with Gasteiger partial charge in [-0.2, -0.15) is 5.26 Å². The van der Waals surface area contributed by atoms with Gasteiger partial charge in [0.1, 0.15) is 0 Å². The third-order valence-corrected chi connectivity index (χ3v) is 3.62. The first-order valence-corrected chi connectivity index (χ1v) is 6.57. The van der Waals surface area contributed by atoms with E-state index in [0.29, 0.717) is 6.42 Å². The second-order valence-corrected chi connectivity index (χ2v) is 5.12. The summed E-state index contributed by atoms with van der Waals surface area (Å²) < 4.78 is 25.9. The Hall–Kier alpha value is -1.98. The Morgan fingerprint density at radius 1 is 1.39 bits per heavy atom. The fourth-order valence-electron chi connectivity index (χ4n) is 1.29. The van der Waals surface area contributed by atoms with Crippen LogP contribution in [0.2, 0.25) is 0 Å². The van der Waals surface area contributed by atoms with Crippen molar-refractivity contribution >= 4 is 15.7 Å². The van der Waals surface area contributed by atoms with Crippen LogP contribution in [-0.4, -0.2) is 19.9 Å². The molecule has 0 spiro atoms. The second kappa shape index (κ2) is 6.09. The number of rotatable bonds is 6. The number of hydrogen-bond donors (Lipinski definition) is 1. The maximum Gasteiger partial charge on any atom is 0.289 e. The van der Waals surface area contributed by atoms with Crippen molar-refractivity contribution in [3.05, 3.63) is 34.4 Å². The van der Waals surface area contributed by atoms with Crippen molar-refractivity contribution in [1.29, 1.82) is 5.26 Å². The lowest BCUT2D eigenvalue weighted by atomic mass is 10.3. The van der Waals surface area contributed by atoms with Gasteiger partial charge in [0.15, 0.2) is 4.90 Å². The topological polar surface area (TPSA) is 113 Å². The molecule has 7 nitrogen and oxygen atoms in total. The maximum absolute atomic E-state index is 11.8. The molecule has 0 bridgehead atoms. The van der Waals surface area contributed by atoms with Crippen molar-refractivity contribution in [2.75, 3.05) is 6.54 Å². The first-order chi connectivity index (χ1) is 8.49. The number of nitrogens with one attached hydrogen (secondary N) is 1. The number of benzene rings is 1. The molecule has 0 heterocycles. The zero-order valence-corrected chi connectivity index (χ0v) is 10.2. The van der Waals surface area contributed by atoms with Crippen molar-refractivity contribution in [2.45, 2.75) is 17.7 Å². The number of sulfonamides is 1. The average molecular weight is 269 g/mol. The molecule has 1 N–H and O–H groups in total. The fourth-order valence-corrected chi connectivity index (χ4v) is 2.53. The molecule has 0 aromatic heterocycles. The Kier molecular flexibility index (Phi) is 4.76. The molecule has 0 atom stereocenters. The highest BCUT2D eigenvalue weighted by molar-refractivity contribution is 7.89. The van der Waals surface area contributed by atoms with E-state index in [-0.39, 0.29) is 17.9 Å². The van der Waals surface area contributed by atoms with E-state index in [2.05, 4.69) is 4.72 Å². The second-order valence-electron chi connectivity index (χ2n) is 3.38. The molecule has 0 radical (unpaired) electrons. The summed E-state index contributed by atoms with van der Waals surface area (Å²) in [7, 11) is -3.92. The molecule has 0 saturated heterocycles. The molecule has 1 aromatic carbocycles. The lowest BCUT2D eigenvalue weighted by molar-refractivity contribution is -0.387. The van der Waals surface area contributed by atoms with E-state index in [1.165, 1.54) is 18.2 Å². The smallest absolute Gasteiger partial charge is 0.258 e. The van der Waals surface area contributed by atoms with Gasteiger partial charge in [-0.25, -0.2) is 13.1 Å². The highest BCUT2D eigenvalue weighted by Gasteiger charge is 2.24. The summed E-state index contributed by atoms with van der Waals surface area (Å²) in [6, 6.07) is 6.99. The van der Waals surface area contributed by atoms with Crippen LogP contribution in [0.5, 0.6) is 0 Å². The summed E-state index contributed by atoms with van der Waals surface area (Å²) in [6.45, 7) is 0.0714. The van der Waals surface area contributed by atoms with Crippen molar-refractivity contribution in [1.82, 2.24) is 4.72 Å². The molecule has 8 heteroatoms. The van der Waals surface area contributed by atoms with Crippen LogP contribution in [0.15, 0.2) is 29.2 Å². The van der Waals surface area contributed by atoms with Gasteiger partial charge in [-0.15, -0.1) is 0 Å². The van der Waals surface area contributed by atoms with Crippen LogP contribution in [0.3, 0.4) is 0 Å². The van der Waals surface area contributed by atoms with E-state index in [0.717, 1.165) is 6.07 Å². The van der Waals surface area contributed by atoms with Gasteiger partial charge in [0.25, 0.3) is 5.69 Å². The number of nitriles is 1. The number of hydrogen-bond acceptors (Lipinski definition) is 5. The normalized spacial score (nSPS) is 10.8. The molecule has 0 saturated carbocycles. The molecule has 0 aliphatic rings. The van der Waals surface area contributed by atoms with E-state index >= 15 is 0 Å². The average Bonchev–Trinajstić information content (AvgIpc) is 2.35. The zero-order chi connectivity index (χ0) is 13.6. The summed E-state index contributed by atoms with van der Waals surface area (Å²) >= 11 is 0. The van der Waals surface area contributed by atoms with E-state index in [1.807, 2.05) is 6.07 Å². The lowest BCUT2D eigenvalue weighted by Gasteiger charge is -2.05. The standard InChI is InChI=1S/C10H11N3O4S/c11-7-3-4-8-12-18(16,17)10-6-2-1-5-9(10)13(14)15/h1-2,5-6,12H,3-4,8H2. The molecular formula is C10H11N3O4S. The maximum atomic E-state index is 11.8. The quantitative estimate of drug-likeness (QED) is 0.473. The number of unbranched alkanes of at least 4 members (excludes halogenated alkanes) is 1. The number of para-hydroxylation sites is 1. The zero-order valence-electron chi connectivity index (χ0n) is 9.37. The van der Waals surface area contributed by atoms with Crippen molar-refractivity contribution in [3.63, 3.8) is 0 Å². The minimum Gasteiger partial charge on any atom is -0.258 e. The molecule has 0 unspecified atom stereocenters. The van der Waals surface area contributed by atoms with Gasteiger partial charge >= 0.3 is 0 Å². The Labute approximate surface area is 104 Å². The van der Waals surface area contributed by atoms with Gasteiger partial charge in [0, 0.05) is 19.0 Å². The van der Waals surface area contributed by atoms with E-state index in [9.17, 15) is 18.5 Å². The Bertz CT molecular complexity index is 577. The van der Waals surface area contributed by atoms with Crippen LogP contribution >= 0.6 is 0 Å². The van der Waals surface area contributed by atoms with Crippen LogP contribution < -0.4 is 4.72 Å². The van der Waals surface area contributed by atoms with Gasteiger partial charge < -0.3 is 0 Å². The first kappa shape index (κ1) is 14.1. The molecule has 0 fully saturated rings. The SMILES string of the molecule is N#CCCCNS(=O)(=O)c1ccccc1[N+](=O)[O-]. The monoisotopic (exact) mass is 269 g/mol. The Balaban J connectivity index is 2.92. The van der Waals surface area contributed by atoms with Crippen molar-refractivity contribution < 1.29 is 13.3 Å². The van der Waals surface area contributed by atoms with Crippen LogP contribution in [0.4, 0.5) is 5.69 Å². The third-order valence-electron chi connectivity index (χ3n) is 2.11. The van der Waals surface area contributed by atoms with Crippen LogP contribution in [-0.2, 0) is 10.0 Å². The van der Waals surface area contributed by atoms with E-state index in [1.54, 1.807) is 0 Å². The molecule has 1 aromatic rings. The molecule has 0 aliphatic carbocycles. The number of nitrogens with zero attached hydrogens (tertiary/aromatic N) is 2. The molecule has 0 aliphatic heterocycles. The Morgan fingerprint density at radius 2 is 2.06 bits per heavy atom. The highest BCUT2D eigenvalue weighted by Crippen LogP contribution is 2.22. The molecule has 0 amide bonds. The van der Waals surface area contributed by atoms with Crippen molar-refractivity contribution in [2.24, 2.45) is 0 Å². The third kappa shape index (κ3) is 3.51. The van der Waals surface area contributed by atoms with Gasteiger partial charge in [-0.05, 0) is 12.5 Å². The molecule has 96 valence electrons. The first-order valence-electron chi connectivity index (χ1n) is 5.09. The fraction of sp³-hybridized carbons (Fsp3) is 0.300. The van der Waals surface area contributed by atoms with E-state index < -0.39 is 20.6 Å². The summed E-state index contributed by atoms with van der Waals surface area (Å²) in [6.07, 6.45) is 0.579. The largest absolute Gasteiger partial charge is 0.289 e. The summed E-state index contributed by atoms with van der Waals surface area (Å²) in [5.41, 5.74) is -0.467. The minimum absolute atomic E-state index is 0.0714. The van der Waals surface area contributed by atoms with E-state index in [4.69, 9.17) is 5.26 Å². The summed E-state index contributed by atoms with van der Waals surface area (Å²) in [4.78, 5) is 9.60. The number of nitro groups is 1. The van der Waals surface area contributed by atoms with Crippen LogP contribution in [0.1, 0.15) is 12.8 Å². The highest BCUT2D eigenvalue weighted by atomic mass is 32.2. The van der Waals surface area contributed by atoms with Crippen LogP contribution in [0, 0.1) is 21.4 Å². The van der Waals surface area contributed by atoms with Crippen molar-refractivity contribution in [3.8, 4) is 6.07 Å². The number of nitro benzene ring substituents is 1. The molecule has 1 rings (SSSR count). The van der Waals surface area contributed by atoms with Crippen LogP contribution in [0.25, 0.3) is 0 Å². The van der Waals surface area contributed by atoms with Gasteiger partial charge in [0.05, 0.1) is 11.0 Å². The predicted molar refractivity (Wildman–Crippen MR) is 63.1 cm³/mol. The summed E-state index contributed by atoms with van der Waals surface area (Å²) in [5, 5.41) is 19.0.